The summed E-state index contributed by atoms with van der Waals surface area (Å²) in [5, 5.41) is 11.7. The zero-order valence-electron chi connectivity index (χ0n) is 21.1. The van der Waals surface area contributed by atoms with E-state index in [0.29, 0.717) is 12.1 Å². The Morgan fingerprint density at radius 1 is 0.818 bits per heavy atom. The van der Waals surface area contributed by atoms with E-state index in [9.17, 15) is 24.3 Å². The van der Waals surface area contributed by atoms with E-state index >= 15 is 0 Å². The molecule has 1 fully saturated rings. The van der Waals surface area contributed by atoms with Gasteiger partial charge in [-0.15, -0.1) is 0 Å². The summed E-state index contributed by atoms with van der Waals surface area (Å²) in [6.45, 7) is 17.0. The van der Waals surface area contributed by atoms with E-state index in [1.807, 2.05) is 0 Å². The van der Waals surface area contributed by atoms with Crippen molar-refractivity contribution in [2.75, 3.05) is 13.2 Å². The first kappa shape index (κ1) is 29.3. The lowest BCUT2D eigenvalue weighted by Crippen LogP contribution is -2.52. The Morgan fingerprint density at radius 2 is 1.21 bits per heavy atom. The molecule has 0 N–H and O–H groups in total. The van der Waals surface area contributed by atoms with Crippen molar-refractivity contribution in [3.63, 3.8) is 0 Å². The van der Waals surface area contributed by atoms with Gasteiger partial charge < -0.3 is 33.6 Å². The predicted molar refractivity (Wildman–Crippen MR) is 122 cm³/mol. The Bertz CT molecular complexity index is 714. The zero-order chi connectivity index (χ0) is 25.8. The molecule has 10 nitrogen and oxygen atoms in total. The lowest BCUT2D eigenvalue weighted by molar-refractivity contribution is -0.317. The van der Waals surface area contributed by atoms with Crippen LogP contribution < -0.4 is 5.11 Å². The average molecular weight is 506 g/mol. The summed E-state index contributed by atoms with van der Waals surface area (Å²) in [6.07, 6.45) is -4.00. The maximum Gasteiger partial charge on any atom is 0.379 e. The van der Waals surface area contributed by atoms with Gasteiger partial charge in [-0.3, -0.25) is 0 Å². The second kappa shape index (κ2) is 10.7. The third-order valence-electron chi connectivity index (χ3n) is 4.44. The molecule has 1 aliphatic heterocycles. The van der Waals surface area contributed by atoms with Crippen molar-refractivity contribution in [2.45, 2.75) is 95.7 Å². The molecule has 0 spiro atoms. The van der Waals surface area contributed by atoms with Crippen LogP contribution in [0.3, 0.4) is 0 Å². The number of carboxylic acids is 1. The van der Waals surface area contributed by atoms with Crippen molar-refractivity contribution in [3.8, 4) is 0 Å². The Kier molecular flexibility index (Phi) is 9.45. The van der Waals surface area contributed by atoms with Crippen LogP contribution in [0.1, 0.15) is 20.8 Å². The molecule has 0 amide bonds. The first-order valence-corrected chi connectivity index (χ1v) is 18.3. The Hall–Kier alpha value is -1.77. The van der Waals surface area contributed by atoms with Crippen LogP contribution in [0.5, 0.6) is 0 Å². The molecule has 1 rings (SSSR count). The summed E-state index contributed by atoms with van der Waals surface area (Å²) in [5.41, 5.74) is -0.988. The standard InChI is InChI=1S/C21H38O10Si2/c1-20(2,3)31-17(24)15-14(16(22)23)29-21(30-15,18(25)27-10-12-32(4,5)6)19(26)28-11-13-33(7,8)9/h14-15H,10-13H2,1-9H3,(H,22,23)/p-1/t14-,15-/m0/s1. The van der Waals surface area contributed by atoms with Crippen LogP contribution in [0.25, 0.3) is 0 Å². The molecule has 12 heteroatoms. The van der Waals surface area contributed by atoms with Gasteiger partial charge in [-0.1, -0.05) is 39.3 Å². The fraction of sp³-hybridized carbons (Fsp3) is 0.810. The second-order valence-electron chi connectivity index (χ2n) is 11.4. The van der Waals surface area contributed by atoms with Gasteiger partial charge >= 0.3 is 23.7 Å². The molecule has 0 aromatic rings. The molecule has 1 heterocycles. The average Bonchev–Trinajstić information content (AvgIpc) is 3.00. The Labute approximate surface area is 197 Å². The number of carbonyl (C=O) groups is 4. The van der Waals surface area contributed by atoms with E-state index in [0.717, 1.165) is 0 Å². The first-order chi connectivity index (χ1) is 14.8. The fourth-order valence-corrected chi connectivity index (χ4v) is 4.01. The SMILES string of the molecule is CC(C)(C)OC(=O)[C@H]1OC(C(=O)OCC[Si](C)(C)C)(C(=O)OCC[Si](C)(C)C)O[C@@H]1C(=O)[O-]. The van der Waals surface area contributed by atoms with Gasteiger partial charge in [0.05, 0.1) is 19.2 Å². The van der Waals surface area contributed by atoms with Gasteiger partial charge in [-0.2, -0.15) is 0 Å². The predicted octanol–water partition coefficient (Wildman–Crippen LogP) is 1.32. The smallest absolute Gasteiger partial charge is 0.379 e. The molecule has 33 heavy (non-hydrogen) atoms. The molecule has 1 saturated heterocycles. The van der Waals surface area contributed by atoms with Crippen LogP contribution >= 0.6 is 0 Å². The van der Waals surface area contributed by atoms with Gasteiger partial charge in [-0.05, 0) is 32.9 Å². The third-order valence-corrected chi connectivity index (χ3v) is 7.85. The quantitative estimate of drug-likeness (QED) is 0.185. The molecular weight excluding hydrogens is 468 g/mol. The highest BCUT2D eigenvalue weighted by Crippen LogP contribution is 2.33. The highest BCUT2D eigenvalue weighted by atomic mass is 28.3. The Morgan fingerprint density at radius 3 is 1.55 bits per heavy atom. The molecule has 0 aromatic heterocycles. The molecule has 2 atom stereocenters. The van der Waals surface area contributed by atoms with Crippen LogP contribution in [0.2, 0.25) is 51.4 Å². The molecule has 0 bridgehead atoms. The minimum atomic E-state index is -2.87. The normalized spacial score (nSPS) is 20.8. The van der Waals surface area contributed by atoms with E-state index in [2.05, 4.69) is 39.3 Å². The van der Waals surface area contributed by atoms with E-state index < -0.39 is 63.6 Å². The van der Waals surface area contributed by atoms with Gasteiger partial charge in [0.25, 0.3) is 0 Å². The van der Waals surface area contributed by atoms with Crippen LogP contribution in [0, 0.1) is 0 Å². The number of aliphatic carboxylic acids is 1. The number of hydrogen-bond acceptors (Lipinski definition) is 10. The van der Waals surface area contributed by atoms with E-state index in [1.54, 1.807) is 20.8 Å². The van der Waals surface area contributed by atoms with Crippen molar-refractivity contribution in [3.05, 3.63) is 0 Å². The number of carboxylic acid groups (broad SMARTS) is 1. The van der Waals surface area contributed by atoms with Crippen LogP contribution in [0.4, 0.5) is 0 Å². The zero-order valence-corrected chi connectivity index (χ0v) is 23.1. The Balaban J connectivity index is 3.22. The molecule has 0 aromatic carbocycles. The number of carbonyl (C=O) groups excluding carboxylic acids is 4. The summed E-state index contributed by atoms with van der Waals surface area (Å²) in [7, 11) is -3.19. The molecule has 0 unspecified atom stereocenters. The number of hydrogen-bond donors (Lipinski definition) is 0. The summed E-state index contributed by atoms with van der Waals surface area (Å²) in [4.78, 5) is 50.2. The largest absolute Gasteiger partial charge is 0.547 e. The molecule has 0 saturated carbocycles. The highest BCUT2D eigenvalue weighted by Gasteiger charge is 2.64. The number of ether oxygens (including phenoxy) is 5. The lowest BCUT2D eigenvalue weighted by Gasteiger charge is -2.25. The monoisotopic (exact) mass is 505 g/mol. The highest BCUT2D eigenvalue weighted by molar-refractivity contribution is 6.76. The summed E-state index contributed by atoms with van der Waals surface area (Å²) in [5.74, 6) is -8.40. The molecule has 190 valence electrons. The maximum atomic E-state index is 13.0. The van der Waals surface area contributed by atoms with E-state index in [4.69, 9.17) is 23.7 Å². The van der Waals surface area contributed by atoms with Gasteiger partial charge in [-0.25, -0.2) is 14.4 Å². The summed E-state index contributed by atoms with van der Waals surface area (Å²) in [6, 6.07) is 1.16. The van der Waals surface area contributed by atoms with E-state index in [1.165, 1.54) is 0 Å². The molecule has 0 aliphatic carbocycles. The summed E-state index contributed by atoms with van der Waals surface area (Å²) < 4.78 is 26.2. The maximum absolute atomic E-state index is 13.0. The van der Waals surface area contributed by atoms with Crippen molar-refractivity contribution >= 4 is 40.0 Å². The van der Waals surface area contributed by atoms with Gasteiger partial charge in [0, 0.05) is 16.1 Å². The molecule has 0 radical (unpaired) electrons. The van der Waals surface area contributed by atoms with Gasteiger partial charge in [0.15, 0.2) is 6.10 Å². The van der Waals surface area contributed by atoms with Crippen LogP contribution in [0.15, 0.2) is 0 Å². The van der Waals surface area contributed by atoms with E-state index in [-0.39, 0.29) is 13.2 Å². The third kappa shape index (κ3) is 9.18. The van der Waals surface area contributed by atoms with Crippen LogP contribution in [-0.2, 0) is 42.9 Å². The van der Waals surface area contributed by atoms with Crippen molar-refractivity contribution in [2.24, 2.45) is 0 Å². The minimum Gasteiger partial charge on any atom is -0.547 e. The van der Waals surface area contributed by atoms with Gasteiger partial charge in [0.2, 0.25) is 0 Å². The number of rotatable bonds is 10. The van der Waals surface area contributed by atoms with Crippen molar-refractivity contribution in [1.82, 2.24) is 0 Å². The molecular formula is C21H37O10Si2-. The minimum absolute atomic E-state index is 0.0295. The summed E-state index contributed by atoms with van der Waals surface area (Å²) >= 11 is 0. The van der Waals surface area contributed by atoms with Crippen LogP contribution in [-0.4, -0.2) is 76.8 Å². The second-order valence-corrected chi connectivity index (χ2v) is 22.7. The first-order valence-electron chi connectivity index (χ1n) is 10.9. The lowest BCUT2D eigenvalue weighted by atomic mass is 10.1. The number of esters is 3. The topological polar surface area (TPSA) is 137 Å². The van der Waals surface area contributed by atoms with Crippen molar-refractivity contribution < 1.29 is 48.0 Å². The van der Waals surface area contributed by atoms with Crippen molar-refractivity contribution in [1.29, 1.82) is 0 Å². The van der Waals surface area contributed by atoms with Gasteiger partial charge in [0.1, 0.15) is 11.7 Å². The molecule has 1 aliphatic rings. The fourth-order valence-electron chi connectivity index (χ4n) is 2.58.